The number of rotatable bonds is 2. The Hall–Kier alpha value is -2.43. The van der Waals surface area contributed by atoms with Gasteiger partial charge in [-0.15, -0.1) is 0 Å². The number of Topliss-reactive ketones (excluding diaryl/α,β-unsaturated/α-hetero) is 1. The lowest BCUT2D eigenvalue weighted by Crippen LogP contribution is -2.33. The van der Waals surface area contributed by atoms with Crippen LogP contribution in [0, 0.1) is 5.92 Å². The van der Waals surface area contributed by atoms with Gasteiger partial charge in [0.05, 0.1) is 5.92 Å². The van der Waals surface area contributed by atoms with Gasteiger partial charge >= 0.3 is 11.9 Å². The molecule has 1 saturated heterocycles. The zero-order valence-corrected chi connectivity index (χ0v) is 15.1. The third-order valence-electron chi connectivity index (χ3n) is 4.69. The van der Waals surface area contributed by atoms with Crippen molar-refractivity contribution < 1.29 is 23.9 Å². The summed E-state index contributed by atoms with van der Waals surface area (Å²) in [5.74, 6) is -1.48. The Bertz CT molecular complexity index is 708. The van der Waals surface area contributed by atoms with E-state index in [0.717, 1.165) is 5.57 Å². The first-order valence-corrected chi connectivity index (χ1v) is 8.35. The molecular weight excluding hydrogens is 320 g/mol. The standard InChI is InChI=1S/C20H24O5/c1-6-12(3)19(22)24-16-9-11(2)7-8-15(21)13(4)10-17-18(16)14(5)20(23)25-17/h6-7,10,16-18H,5,8-9H2,1-4H3/b11-7?,12-6-,13-10?. The molecule has 1 fully saturated rings. The van der Waals surface area contributed by atoms with Gasteiger partial charge in [0, 0.05) is 24.0 Å². The zero-order chi connectivity index (χ0) is 18.7. The van der Waals surface area contributed by atoms with Gasteiger partial charge in [0.15, 0.2) is 5.78 Å². The summed E-state index contributed by atoms with van der Waals surface area (Å²) in [5.41, 5.74) is 2.21. The van der Waals surface area contributed by atoms with Gasteiger partial charge in [-0.3, -0.25) is 4.79 Å². The molecule has 3 atom stereocenters. The minimum absolute atomic E-state index is 0.0214. The van der Waals surface area contributed by atoms with Gasteiger partial charge in [-0.1, -0.05) is 24.3 Å². The van der Waals surface area contributed by atoms with Gasteiger partial charge in [0.25, 0.3) is 0 Å². The summed E-state index contributed by atoms with van der Waals surface area (Å²) in [7, 11) is 0. The number of carbonyl (C=O) groups excluding carboxylic acids is 3. The topological polar surface area (TPSA) is 69.7 Å². The number of ether oxygens (including phenoxy) is 2. The second kappa shape index (κ2) is 7.64. The first kappa shape index (κ1) is 18.9. The molecule has 0 amide bonds. The van der Waals surface area contributed by atoms with E-state index in [9.17, 15) is 14.4 Å². The fourth-order valence-corrected chi connectivity index (χ4v) is 2.94. The molecule has 5 heteroatoms. The number of ketones is 1. The van der Waals surface area contributed by atoms with Gasteiger partial charge < -0.3 is 9.47 Å². The van der Waals surface area contributed by atoms with E-state index in [2.05, 4.69) is 6.58 Å². The normalized spacial score (nSPS) is 27.9. The van der Waals surface area contributed by atoms with Crippen molar-refractivity contribution in [2.24, 2.45) is 5.92 Å². The molecule has 3 unspecified atom stereocenters. The number of hydrogen-bond acceptors (Lipinski definition) is 5. The van der Waals surface area contributed by atoms with Crippen molar-refractivity contribution in [2.75, 3.05) is 0 Å². The number of esters is 2. The number of hydrogen-bond donors (Lipinski definition) is 0. The van der Waals surface area contributed by atoms with Crippen LogP contribution < -0.4 is 0 Å². The van der Waals surface area contributed by atoms with Crippen molar-refractivity contribution in [3.63, 3.8) is 0 Å². The van der Waals surface area contributed by atoms with Gasteiger partial charge in [-0.25, -0.2) is 9.59 Å². The Labute approximate surface area is 148 Å². The Balaban J connectivity index is 2.44. The van der Waals surface area contributed by atoms with Crippen molar-refractivity contribution in [3.8, 4) is 0 Å². The molecular formula is C20H24O5. The van der Waals surface area contributed by atoms with Crippen molar-refractivity contribution in [1.29, 1.82) is 0 Å². The lowest BCUT2D eigenvalue weighted by atomic mass is 9.85. The molecule has 2 rings (SSSR count). The molecule has 0 aromatic rings. The van der Waals surface area contributed by atoms with Crippen LogP contribution in [-0.2, 0) is 23.9 Å². The van der Waals surface area contributed by atoms with Crippen LogP contribution in [-0.4, -0.2) is 29.9 Å². The van der Waals surface area contributed by atoms with Gasteiger partial charge in [-0.05, 0) is 39.3 Å². The third-order valence-corrected chi connectivity index (χ3v) is 4.69. The highest BCUT2D eigenvalue weighted by molar-refractivity contribution is 5.96. The molecule has 1 aliphatic carbocycles. The summed E-state index contributed by atoms with van der Waals surface area (Å²) >= 11 is 0. The first-order chi connectivity index (χ1) is 11.7. The third kappa shape index (κ3) is 4.16. The second-order valence-corrected chi connectivity index (χ2v) is 6.57. The maximum absolute atomic E-state index is 12.3. The molecule has 134 valence electrons. The number of allylic oxidation sites excluding steroid dienone is 3. The summed E-state index contributed by atoms with van der Waals surface area (Å²) in [6.45, 7) is 10.8. The Morgan fingerprint density at radius 2 is 2.04 bits per heavy atom. The summed E-state index contributed by atoms with van der Waals surface area (Å²) in [6.07, 6.45) is 4.61. The molecule has 1 aliphatic heterocycles. The SMILES string of the molecule is C=C1C(=O)OC2C=C(C)C(=O)CC=C(C)CC(OC(=O)/C(C)=C\C)C12. The fraction of sp³-hybridized carbons (Fsp3) is 0.450. The molecule has 2 aliphatic rings. The molecule has 0 saturated carbocycles. The van der Waals surface area contributed by atoms with E-state index in [1.54, 1.807) is 32.9 Å². The molecule has 0 aromatic heterocycles. The van der Waals surface area contributed by atoms with Gasteiger partial charge in [0.2, 0.25) is 0 Å². The van der Waals surface area contributed by atoms with E-state index in [4.69, 9.17) is 9.47 Å². The van der Waals surface area contributed by atoms with Gasteiger partial charge in [-0.2, -0.15) is 0 Å². The Kier molecular flexibility index (Phi) is 5.77. The van der Waals surface area contributed by atoms with Crippen molar-refractivity contribution >= 4 is 17.7 Å². The van der Waals surface area contributed by atoms with E-state index < -0.39 is 30.1 Å². The van der Waals surface area contributed by atoms with Crippen LogP contribution in [0.5, 0.6) is 0 Å². The summed E-state index contributed by atoms with van der Waals surface area (Å²) in [5, 5.41) is 0. The van der Waals surface area contributed by atoms with Crippen molar-refractivity contribution in [2.45, 2.75) is 52.7 Å². The minimum Gasteiger partial charge on any atom is -0.458 e. The lowest BCUT2D eigenvalue weighted by Gasteiger charge is -2.27. The maximum Gasteiger partial charge on any atom is 0.334 e. The average Bonchev–Trinajstić information content (AvgIpc) is 2.84. The molecule has 0 radical (unpaired) electrons. The van der Waals surface area contributed by atoms with E-state index in [-0.39, 0.29) is 17.8 Å². The Morgan fingerprint density at radius 1 is 1.36 bits per heavy atom. The summed E-state index contributed by atoms with van der Waals surface area (Å²) < 4.78 is 11.1. The second-order valence-electron chi connectivity index (χ2n) is 6.57. The molecule has 0 spiro atoms. The van der Waals surface area contributed by atoms with Crippen LogP contribution in [0.4, 0.5) is 0 Å². The first-order valence-electron chi connectivity index (χ1n) is 8.35. The van der Waals surface area contributed by atoms with Crippen LogP contribution >= 0.6 is 0 Å². The fourth-order valence-electron chi connectivity index (χ4n) is 2.94. The molecule has 1 heterocycles. The number of carbonyl (C=O) groups is 3. The van der Waals surface area contributed by atoms with Crippen molar-refractivity contribution in [3.05, 3.63) is 47.1 Å². The predicted octanol–water partition coefficient (Wildman–Crippen LogP) is 3.22. The smallest absolute Gasteiger partial charge is 0.334 e. The molecule has 0 aromatic carbocycles. The van der Waals surface area contributed by atoms with E-state index in [0.29, 0.717) is 17.6 Å². The summed E-state index contributed by atoms with van der Waals surface area (Å²) in [6, 6.07) is 0. The van der Waals surface area contributed by atoms with Gasteiger partial charge in [0.1, 0.15) is 12.2 Å². The quantitative estimate of drug-likeness (QED) is 0.437. The van der Waals surface area contributed by atoms with Crippen LogP contribution in [0.2, 0.25) is 0 Å². The molecule has 5 nitrogen and oxygen atoms in total. The molecule has 0 N–H and O–H groups in total. The van der Waals surface area contributed by atoms with E-state index in [1.165, 1.54) is 0 Å². The summed E-state index contributed by atoms with van der Waals surface area (Å²) in [4.78, 5) is 36.4. The minimum atomic E-state index is -0.654. The molecule has 25 heavy (non-hydrogen) atoms. The number of fused-ring (bicyclic) bond motifs is 1. The highest BCUT2D eigenvalue weighted by atomic mass is 16.6. The highest BCUT2D eigenvalue weighted by Crippen LogP contribution is 2.36. The lowest BCUT2D eigenvalue weighted by molar-refractivity contribution is -0.147. The van der Waals surface area contributed by atoms with Crippen molar-refractivity contribution in [1.82, 2.24) is 0 Å². The van der Waals surface area contributed by atoms with Crippen LogP contribution in [0.3, 0.4) is 0 Å². The average molecular weight is 344 g/mol. The Morgan fingerprint density at radius 3 is 2.68 bits per heavy atom. The van der Waals surface area contributed by atoms with E-state index >= 15 is 0 Å². The largest absolute Gasteiger partial charge is 0.458 e. The maximum atomic E-state index is 12.3. The van der Waals surface area contributed by atoms with Crippen LogP contribution in [0.1, 0.15) is 40.5 Å². The van der Waals surface area contributed by atoms with Crippen LogP contribution in [0.15, 0.2) is 47.1 Å². The van der Waals surface area contributed by atoms with Crippen LogP contribution in [0.25, 0.3) is 0 Å². The highest BCUT2D eigenvalue weighted by Gasteiger charge is 2.44. The zero-order valence-electron chi connectivity index (χ0n) is 15.1. The predicted molar refractivity (Wildman–Crippen MR) is 93.6 cm³/mol. The molecule has 0 bridgehead atoms. The van der Waals surface area contributed by atoms with E-state index in [1.807, 2.05) is 13.0 Å². The monoisotopic (exact) mass is 344 g/mol.